The van der Waals surface area contributed by atoms with Gasteiger partial charge in [-0.15, -0.1) is 0 Å². The maximum atomic E-state index is 13.6. The Bertz CT molecular complexity index is 881. The highest BCUT2D eigenvalue weighted by molar-refractivity contribution is 6.07. The maximum Gasteiger partial charge on any atom is 0.188 e. The van der Waals surface area contributed by atoms with E-state index in [0.717, 1.165) is 28.8 Å². The van der Waals surface area contributed by atoms with Gasteiger partial charge >= 0.3 is 0 Å². The molecular formula is C21H14F2O. The van der Waals surface area contributed by atoms with Crippen LogP contribution in [0.15, 0.2) is 78.9 Å². The van der Waals surface area contributed by atoms with Crippen LogP contribution in [0, 0.1) is 11.6 Å². The van der Waals surface area contributed by atoms with E-state index in [1.807, 2.05) is 54.6 Å². The van der Waals surface area contributed by atoms with Gasteiger partial charge in [-0.3, -0.25) is 4.79 Å². The second-order valence-corrected chi connectivity index (χ2v) is 5.31. The van der Waals surface area contributed by atoms with Gasteiger partial charge in [0, 0.05) is 6.07 Å². The molecule has 0 saturated carbocycles. The number of carbonyl (C=O) groups is 1. The minimum atomic E-state index is -0.857. The Kier molecular flexibility index (Phi) is 4.62. The maximum absolute atomic E-state index is 13.6. The van der Waals surface area contributed by atoms with Crippen molar-refractivity contribution in [2.75, 3.05) is 0 Å². The Morgan fingerprint density at radius 2 is 1.46 bits per heavy atom. The molecule has 0 saturated heterocycles. The molecular weight excluding hydrogens is 306 g/mol. The van der Waals surface area contributed by atoms with Gasteiger partial charge in [0.05, 0.1) is 5.56 Å². The molecule has 0 atom stereocenters. The van der Waals surface area contributed by atoms with Gasteiger partial charge in [0.15, 0.2) is 5.78 Å². The van der Waals surface area contributed by atoms with Crippen LogP contribution in [-0.2, 0) is 0 Å². The number of ketones is 1. The first-order chi connectivity index (χ1) is 11.6. The summed E-state index contributed by atoms with van der Waals surface area (Å²) in [7, 11) is 0. The smallest absolute Gasteiger partial charge is 0.188 e. The summed E-state index contributed by atoms with van der Waals surface area (Å²) >= 11 is 0. The molecule has 0 spiro atoms. The Labute approximate surface area is 138 Å². The fraction of sp³-hybridized carbons (Fsp3) is 0. The van der Waals surface area contributed by atoms with E-state index in [4.69, 9.17) is 0 Å². The largest absolute Gasteiger partial charge is 0.289 e. The van der Waals surface area contributed by atoms with Gasteiger partial charge in [0.25, 0.3) is 0 Å². The number of allylic oxidation sites excluding steroid dienone is 1. The van der Waals surface area contributed by atoms with Crippen LogP contribution in [0.3, 0.4) is 0 Å². The van der Waals surface area contributed by atoms with Gasteiger partial charge in [-0.05, 0) is 34.9 Å². The Balaban J connectivity index is 1.76. The van der Waals surface area contributed by atoms with Crippen molar-refractivity contribution in [3.05, 3.63) is 102 Å². The summed E-state index contributed by atoms with van der Waals surface area (Å²) < 4.78 is 26.4. The minimum Gasteiger partial charge on any atom is -0.289 e. The van der Waals surface area contributed by atoms with Crippen molar-refractivity contribution in [2.45, 2.75) is 0 Å². The SMILES string of the molecule is O=C(/C=C/c1ccc(-c2ccccc2)cc1)c1ccc(F)cc1F. The zero-order valence-electron chi connectivity index (χ0n) is 12.7. The van der Waals surface area contributed by atoms with E-state index < -0.39 is 17.4 Å². The summed E-state index contributed by atoms with van der Waals surface area (Å²) in [6.07, 6.45) is 2.90. The quantitative estimate of drug-likeness (QED) is 0.456. The van der Waals surface area contributed by atoms with E-state index >= 15 is 0 Å². The highest BCUT2D eigenvalue weighted by atomic mass is 19.1. The molecule has 0 aromatic heterocycles. The van der Waals surface area contributed by atoms with E-state index in [1.54, 1.807) is 6.08 Å². The molecule has 3 rings (SSSR count). The molecule has 0 N–H and O–H groups in total. The van der Waals surface area contributed by atoms with Gasteiger partial charge in [-0.25, -0.2) is 8.78 Å². The molecule has 3 heteroatoms. The van der Waals surface area contributed by atoms with E-state index in [1.165, 1.54) is 6.08 Å². The lowest BCUT2D eigenvalue weighted by Crippen LogP contribution is -1.99. The van der Waals surface area contributed by atoms with Gasteiger partial charge < -0.3 is 0 Å². The van der Waals surface area contributed by atoms with E-state index in [2.05, 4.69) is 0 Å². The third-order valence-corrected chi connectivity index (χ3v) is 3.64. The first-order valence-corrected chi connectivity index (χ1v) is 7.46. The Morgan fingerprint density at radius 3 is 2.12 bits per heavy atom. The van der Waals surface area contributed by atoms with Gasteiger partial charge in [-0.1, -0.05) is 60.7 Å². The third-order valence-electron chi connectivity index (χ3n) is 3.64. The first kappa shape index (κ1) is 15.8. The number of hydrogen-bond acceptors (Lipinski definition) is 1. The van der Waals surface area contributed by atoms with E-state index in [-0.39, 0.29) is 5.56 Å². The summed E-state index contributed by atoms with van der Waals surface area (Å²) in [6.45, 7) is 0. The average Bonchev–Trinajstić information content (AvgIpc) is 2.61. The summed E-state index contributed by atoms with van der Waals surface area (Å²) in [6, 6.07) is 20.5. The van der Waals surface area contributed by atoms with Crippen molar-refractivity contribution in [1.82, 2.24) is 0 Å². The van der Waals surface area contributed by atoms with Crippen molar-refractivity contribution in [2.24, 2.45) is 0 Å². The average molecular weight is 320 g/mol. The number of carbonyl (C=O) groups excluding carboxylic acids is 1. The molecule has 3 aromatic carbocycles. The summed E-state index contributed by atoms with van der Waals surface area (Å²) in [4.78, 5) is 12.0. The summed E-state index contributed by atoms with van der Waals surface area (Å²) in [5.41, 5.74) is 2.86. The molecule has 118 valence electrons. The van der Waals surface area contributed by atoms with Crippen molar-refractivity contribution in [1.29, 1.82) is 0 Å². The molecule has 0 amide bonds. The van der Waals surface area contributed by atoms with Crippen LogP contribution in [0.4, 0.5) is 8.78 Å². The highest BCUT2D eigenvalue weighted by Crippen LogP contribution is 2.20. The monoisotopic (exact) mass is 320 g/mol. The molecule has 0 radical (unpaired) electrons. The van der Waals surface area contributed by atoms with Crippen molar-refractivity contribution < 1.29 is 13.6 Å². The molecule has 0 aliphatic rings. The fourth-order valence-corrected chi connectivity index (χ4v) is 2.37. The number of rotatable bonds is 4. The normalized spacial score (nSPS) is 10.9. The fourth-order valence-electron chi connectivity index (χ4n) is 2.37. The van der Waals surface area contributed by atoms with Crippen LogP contribution < -0.4 is 0 Å². The van der Waals surface area contributed by atoms with Crippen molar-refractivity contribution >= 4 is 11.9 Å². The minimum absolute atomic E-state index is 0.145. The molecule has 0 heterocycles. The van der Waals surface area contributed by atoms with Gasteiger partial charge in [-0.2, -0.15) is 0 Å². The lowest BCUT2D eigenvalue weighted by molar-refractivity contribution is 0.104. The standard InChI is InChI=1S/C21H14F2O/c22-18-11-12-19(20(23)14-18)21(24)13-8-15-6-9-17(10-7-15)16-4-2-1-3-5-16/h1-14H/b13-8+. The molecule has 0 bridgehead atoms. The molecule has 0 unspecified atom stereocenters. The second-order valence-electron chi connectivity index (χ2n) is 5.31. The van der Waals surface area contributed by atoms with E-state index in [9.17, 15) is 13.6 Å². The predicted octanol–water partition coefficient (Wildman–Crippen LogP) is 5.53. The Morgan fingerprint density at radius 1 is 0.792 bits per heavy atom. The topological polar surface area (TPSA) is 17.1 Å². The van der Waals surface area contributed by atoms with Crippen LogP contribution in [0.2, 0.25) is 0 Å². The molecule has 3 aromatic rings. The van der Waals surface area contributed by atoms with E-state index in [0.29, 0.717) is 6.07 Å². The van der Waals surface area contributed by atoms with Crippen LogP contribution >= 0.6 is 0 Å². The zero-order valence-corrected chi connectivity index (χ0v) is 12.7. The number of halogens is 2. The molecule has 0 aliphatic carbocycles. The van der Waals surface area contributed by atoms with Crippen LogP contribution in [-0.4, -0.2) is 5.78 Å². The summed E-state index contributed by atoms with van der Waals surface area (Å²) in [5.74, 6) is -2.06. The third kappa shape index (κ3) is 3.63. The summed E-state index contributed by atoms with van der Waals surface area (Å²) in [5, 5.41) is 0. The highest BCUT2D eigenvalue weighted by Gasteiger charge is 2.09. The van der Waals surface area contributed by atoms with Gasteiger partial charge in [0.2, 0.25) is 0 Å². The van der Waals surface area contributed by atoms with Crippen molar-refractivity contribution in [3.8, 4) is 11.1 Å². The van der Waals surface area contributed by atoms with Crippen molar-refractivity contribution in [3.63, 3.8) is 0 Å². The predicted molar refractivity (Wildman–Crippen MR) is 91.6 cm³/mol. The number of hydrogen-bond donors (Lipinski definition) is 0. The molecule has 0 fully saturated rings. The lowest BCUT2D eigenvalue weighted by Gasteiger charge is -2.02. The second kappa shape index (κ2) is 7.01. The zero-order chi connectivity index (χ0) is 16.9. The first-order valence-electron chi connectivity index (χ1n) is 7.46. The van der Waals surface area contributed by atoms with Crippen LogP contribution in [0.25, 0.3) is 17.2 Å². The lowest BCUT2D eigenvalue weighted by atomic mass is 10.0. The molecule has 1 nitrogen and oxygen atoms in total. The number of benzene rings is 3. The van der Waals surface area contributed by atoms with Crippen LogP contribution in [0.1, 0.15) is 15.9 Å². The van der Waals surface area contributed by atoms with Gasteiger partial charge in [0.1, 0.15) is 11.6 Å². The molecule has 24 heavy (non-hydrogen) atoms. The van der Waals surface area contributed by atoms with Crippen LogP contribution in [0.5, 0.6) is 0 Å². The Hall–Kier alpha value is -3.07. The molecule has 0 aliphatic heterocycles.